The molecule has 0 aromatic rings. The van der Waals surface area contributed by atoms with Crippen LogP contribution < -0.4 is 0 Å². The van der Waals surface area contributed by atoms with E-state index in [1.165, 1.54) is 13.1 Å². The molecule has 0 aliphatic heterocycles. The SMILES string of the molecule is C/N=C\C(C)F. The van der Waals surface area contributed by atoms with Crippen molar-refractivity contribution >= 4 is 6.21 Å². The van der Waals surface area contributed by atoms with Gasteiger partial charge in [0, 0.05) is 13.3 Å². The zero-order valence-corrected chi connectivity index (χ0v) is 3.98. The van der Waals surface area contributed by atoms with Gasteiger partial charge in [-0.15, -0.1) is 0 Å². The number of alkyl halides is 1. The third-order valence-corrected chi connectivity index (χ3v) is 0.354. The second-order valence-corrected chi connectivity index (χ2v) is 1.08. The summed E-state index contributed by atoms with van der Waals surface area (Å²) < 4.78 is 11.6. The van der Waals surface area contributed by atoms with Crippen molar-refractivity contribution in [2.75, 3.05) is 7.05 Å². The van der Waals surface area contributed by atoms with E-state index in [1.807, 2.05) is 0 Å². The van der Waals surface area contributed by atoms with Gasteiger partial charge in [0.05, 0.1) is 0 Å². The number of halogens is 1. The Morgan fingerprint density at radius 3 is 2.33 bits per heavy atom. The first-order valence-corrected chi connectivity index (χ1v) is 1.83. The van der Waals surface area contributed by atoms with Crippen LogP contribution in [0.4, 0.5) is 4.39 Å². The van der Waals surface area contributed by atoms with Gasteiger partial charge in [0.1, 0.15) is 6.17 Å². The van der Waals surface area contributed by atoms with E-state index in [0.717, 1.165) is 0 Å². The fourth-order valence-corrected chi connectivity index (χ4v) is 0.205. The van der Waals surface area contributed by atoms with E-state index in [4.69, 9.17) is 0 Å². The van der Waals surface area contributed by atoms with Gasteiger partial charge in [0.2, 0.25) is 0 Å². The third kappa shape index (κ3) is 3.60. The highest BCUT2D eigenvalue weighted by molar-refractivity contribution is 5.61. The molecule has 0 N–H and O–H groups in total. The van der Waals surface area contributed by atoms with E-state index in [0.29, 0.717) is 0 Å². The van der Waals surface area contributed by atoms with E-state index >= 15 is 0 Å². The van der Waals surface area contributed by atoms with Crippen molar-refractivity contribution in [3.05, 3.63) is 0 Å². The van der Waals surface area contributed by atoms with Gasteiger partial charge in [-0.1, -0.05) is 0 Å². The van der Waals surface area contributed by atoms with Crippen LogP contribution in [-0.2, 0) is 0 Å². The molecular formula is C4H8FN. The summed E-state index contributed by atoms with van der Waals surface area (Å²) in [5.74, 6) is 0. The fourth-order valence-electron chi connectivity index (χ4n) is 0.205. The molecule has 1 nitrogen and oxygen atoms in total. The average Bonchev–Trinajstić information content (AvgIpc) is 1.35. The number of aliphatic imine (C=N–C) groups is 1. The third-order valence-electron chi connectivity index (χ3n) is 0.354. The lowest BCUT2D eigenvalue weighted by Gasteiger charge is -1.81. The summed E-state index contributed by atoms with van der Waals surface area (Å²) in [5, 5.41) is 0. The van der Waals surface area contributed by atoms with Crippen molar-refractivity contribution in [2.45, 2.75) is 13.1 Å². The van der Waals surface area contributed by atoms with Crippen molar-refractivity contribution < 1.29 is 4.39 Å². The maximum atomic E-state index is 11.6. The molecule has 0 radical (unpaired) electrons. The summed E-state index contributed by atoms with van der Waals surface area (Å²) in [6.07, 6.45) is 0.356. The van der Waals surface area contributed by atoms with Gasteiger partial charge in [-0.2, -0.15) is 0 Å². The van der Waals surface area contributed by atoms with Gasteiger partial charge in [0.15, 0.2) is 0 Å². The maximum Gasteiger partial charge on any atom is 0.132 e. The van der Waals surface area contributed by atoms with Gasteiger partial charge in [0.25, 0.3) is 0 Å². The number of hydrogen-bond acceptors (Lipinski definition) is 1. The zero-order chi connectivity index (χ0) is 4.99. The summed E-state index contributed by atoms with van der Waals surface area (Å²) in [6, 6.07) is 0. The second kappa shape index (κ2) is 2.82. The second-order valence-electron chi connectivity index (χ2n) is 1.08. The summed E-state index contributed by atoms with van der Waals surface area (Å²) >= 11 is 0. The van der Waals surface area contributed by atoms with Crippen LogP contribution in [0, 0.1) is 0 Å². The Morgan fingerprint density at radius 2 is 2.33 bits per heavy atom. The van der Waals surface area contributed by atoms with Gasteiger partial charge in [-0.3, -0.25) is 4.99 Å². The lowest BCUT2D eigenvalue weighted by atomic mass is 10.5. The lowest BCUT2D eigenvalue weighted by molar-refractivity contribution is 0.461. The monoisotopic (exact) mass is 89.1 g/mol. The fraction of sp³-hybridized carbons (Fsp3) is 0.750. The molecule has 0 rings (SSSR count). The molecule has 0 heterocycles. The minimum Gasteiger partial charge on any atom is -0.298 e. The molecule has 1 atom stereocenters. The van der Waals surface area contributed by atoms with E-state index in [-0.39, 0.29) is 0 Å². The molecule has 0 fully saturated rings. The highest BCUT2D eigenvalue weighted by Crippen LogP contribution is 1.78. The molecule has 0 aromatic heterocycles. The largest absolute Gasteiger partial charge is 0.298 e. The molecule has 2 heteroatoms. The van der Waals surface area contributed by atoms with Crippen molar-refractivity contribution in [3.8, 4) is 0 Å². The number of hydrogen-bond donors (Lipinski definition) is 0. The predicted molar refractivity (Wildman–Crippen MR) is 25.0 cm³/mol. The van der Waals surface area contributed by atoms with Crippen LogP contribution >= 0.6 is 0 Å². The Bertz CT molecular complexity index is 49.5. The lowest BCUT2D eigenvalue weighted by Crippen LogP contribution is -1.90. The van der Waals surface area contributed by atoms with E-state index in [2.05, 4.69) is 4.99 Å². The van der Waals surface area contributed by atoms with Crippen molar-refractivity contribution in [2.24, 2.45) is 4.99 Å². The van der Waals surface area contributed by atoms with Crippen LogP contribution in [0.5, 0.6) is 0 Å². The van der Waals surface area contributed by atoms with Gasteiger partial charge >= 0.3 is 0 Å². The highest BCUT2D eigenvalue weighted by atomic mass is 19.1. The number of nitrogens with zero attached hydrogens (tertiary/aromatic N) is 1. The summed E-state index contributed by atoms with van der Waals surface area (Å²) in [5.41, 5.74) is 0. The molecule has 6 heavy (non-hydrogen) atoms. The van der Waals surface area contributed by atoms with E-state index in [9.17, 15) is 4.39 Å². The first-order valence-electron chi connectivity index (χ1n) is 1.83. The Hall–Kier alpha value is -0.400. The molecule has 0 aliphatic rings. The predicted octanol–water partition coefficient (Wildman–Crippen LogP) is 1.04. The van der Waals surface area contributed by atoms with Gasteiger partial charge in [-0.25, -0.2) is 4.39 Å². The van der Waals surface area contributed by atoms with Crippen molar-refractivity contribution in [3.63, 3.8) is 0 Å². The summed E-state index contributed by atoms with van der Waals surface area (Å²) in [7, 11) is 1.55. The summed E-state index contributed by atoms with van der Waals surface area (Å²) in [6.45, 7) is 1.44. The topological polar surface area (TPSA) is 12.4 Å². The normalized spacial score (nSPS) is 15.8. The Balaban J connectivity index is 3.03. The Morgan fingerprint density at radius 1 is 1.83 bits per heavy atom. The quantitative estimate of drug-likeness (QED) is 0.426. The maximum absolute atomic E-state index is 11.6. The molecule has 0 aliphatic carbocycles. The van der Waals surface area contributed by atoms with Crippen LogP contribution in [0.3, 0.4) is 0 Å². The molecular weight excluding hydrogens is 81.0 g/mol. The van der Waals surface area contributed by atoms with Crippen molar-refractivity contribution in [1.82, 2.24) is 0 Å². The molecule has 0 saturated carbocycles. The number of rotatable bonds is 1. The van der Waals surface area contributed by atoms with Crippen LogP contribution in [0.2, 0.25) is 0 Å². The Kier molecular flexibility index (Phi) is 2.63. The minimum absolute atomic E-state index is 0.894. The van der Waals surface area contributed by atoms with Crippen LogP contribution in [0.15, 0.2) is 4.99 Å². The van der Waals surface area contributed by atoms with Gasteiger partial charge in [-0.05, 0) is 6.92 Å². The molecule has 0 aromatic carbocycles. The molecule has 0 amide bonds. The molecule has 36 valence electrons. The average molecular weight is 89.1 g/mol. The molecule has 0 spiro atoms. The molecule has 0 bridgehead atoms. The molecule has 1 unspecified atom stereocenters. The smallest absolute Gasteiger partial charge is 0.132 e. The minimum atomic E-state index is -0.894. The first-order chi connectivity index (χ1) is 2.77. The van der Waals surface area contributed by atoms with Crippen LogP contribution in [0.1, 0.15) is 6.92 Å². The van der Waals surface area contributed by atoms with Crippen molar-refractivity contribution in [1.29, 1.82) is 0 Å². The summed E-state index contributed by atoms with van der Waals surface area (Å²) in [4.78, 5) is 3.44. The molecule has 0 saturated heterocycles. The van der Waals surface area contributed by atoms with Crippen LogP contribution in [0.25, 0.3) is 0 Å². The van der Waals surface area contributed by atoms with Gasteiger partial charge < -0.3 is 0 Å². The van der Waals surface area contributed by atoms with E-state index < -0.39 is 6.17 Å². The first kappa shape index (κ1) is 5.60. The van der Waals surface area contributed by atoms with E-state index in [1.54, 1.807) is 7.05 Å². The highest BCUT2D eigenvalue weighted by Gasteiger charge is 1.83. The van der Waals surface area contributed by atoms with Crippen LogP contribution in [-0.4, -0.2) is 19.4 Å². The zero-order valence-electron chi connectivity index (χ0n) is 3.98. The Labute approximate surface area is 36.9 Å². The standard InChI is InChI=1S/C4H8FN/c1-4(5)3-6-2/h3-4H,1-2H3/b6-3-.